The summed E-state index contributed by atoms with van der Waals surface area (Å²) in [4.78, 5) is 118. The van der Waals surface area contributed by atoms with E-state index in [1.165, 1.54) is 22.0 Å². The fourth-order valence-corrected chi connectivity index (χ4v) is 11.3. The van der Waals surface area contributed by atoms with E-state index in [4.69, 9.17) is 34.2 Å². The Labute approximate surface area is 517 Å². The largest absolute Gasteiger partial charge is 0.447 e. The molecular weight excluding hydrogens is 1140 g/mol. The summed E-state index contributed by atoms with van der Waals surface area (Å²) in [5.74, 6) is -2.05. The van der Waals surface area contributed by atoms with Crippen molar-refractivity contribution in [1.82, 2.24) is 36.0 Å². The number of rotatable bonds is 35. The van der Waals surface area contributed by atoms with Crippen LogP contribution in [0.15, 0.2) is 60.2 Å². The second-order valence-corrected chi connectivity index (χ2v) is 24.1. The van der Waals surface area contributed by atoms with Gasteiger partial charge in [0.25, 0.3) is 11.8 Å². The highest BCUT2D eigenvalue weighted by Gasteiger charge is 2.57. The molecular formula is C63H97N9O16. The van der Waals surface area contributed by atoms with Crippen LogP contribution in [0, 0.1) is 23.7 Å². The summed E-state index contributed by atoms with van der Waals surface area (Å²) in [6.45, 7) is 17.7. The number of nitrogens with one attached hydrogen (secondary N) is 5. The SMILES string of the molecule is COC(C(C)O)C(C)[C@H]1O[C@]1(C)CC(C)/C=C/C=C(\C)[C@H]1O[C@@H](CNC(=O)CCOCCOC(=O)N2CCN(C(=O)OCc3ccc(NC(=O)C(CCCNC(N)=O)NC(=O)C(NC(=O)CCCCCN4C(=O)C=CC4=O)C(C)C)cc3)CC2)CC[C@@H]1C. The molecule has 0 aliphatic carbocycles. The molecule has 3 fully saturated rings. The standard InChI is InChI=1S/C63H97N9O16/c1-40(2)54(69-51(75)18-11-10-12-29-72-52(76)25-26-53(72)77)59(79)68-49(17-14-28-65-60(64)80)58(78)67-47-22-20-46(21-23-47)39-86-62(82)71-32-30-70(31-33-71)61(81)85-36-35-84-34-27-50(74)66-38-48-24-19-43(5)55(87-48)42(4)16-13-15-41(3)37-63(8)57(88-63)44(6)56(83-9)45(7)73/h13,15-16,20-23,25-26,40-41,43-45,48-49,54-57,73H,10-12,14,17-19,24,27-39H2,1-9H3,(H,66,74)(H,67,78)(H,68,79)(H,69,75)(H3,64,65,80)/b15-13+,42-16+/t41?,43-,44?,45?,48+,49?,54?,55+,56?,57+,63+/m0/s1. The van der Waals surface area contributed by atoms with Gasteiger partial charge in [0, 0.05) is 89.5 Å². The Morgan fingerprint density at radius 3 is 2.12 bits per heavy atom. The maximum Gasteiger partial charge on any atom is 0.410 e. The number of aliphatic hydroxyl groups is 1. The molecule has 0 aromatic heterocycles. The second-order valence-electron chi connectivity index (χ2n) is 24.1. The fourth-order valence-electron chi connectivity index (χ4n) is 11.3. The van der Waals surface area contributed by atoms with Crippen LogP contribution in [0.4, 0.5) is 20.1 Å². The molecule has 0 bridgehead atoms. The van der Waals surface area contributed by atoms with E-state index in [9.17, 15) is 48.3 Å². The number of unbranched alkanes of at least 4 members (excludes halogenated alkanes) is 2. The van der Waals surface area contributed by atoms with E-state index in [-0.39, 0.29) is 163 Å². The minimum absolute atomic E-state index is 0.0123. The van der Waals surface area contributed by atoms with Gasteiger partial charge in [-0.1, -0.05) is 71.4 Å². The molecule has 0 saturated carbocycles. The highest BCUT2D eigenvalue weighted by Crippen LogP contribution is 2.47. The van der Waals surface area contributed by atoms with E-state index in [0.29, 0.717) is 43.0 Å². The third kappa shape index (κ3) is 23.5. The highest BCUT2D eigenvalue weighted by molar-refractivity contribution is 6.12. The van der Waals surface area contributed by atoms with E-state index in [2.05, 4.69) is 79.4 Å². The molecule has 1 aromatic rings. The average molecular weight is 1240 g/mol. The topological polar surface area (TPSA) is 328 Å². The van der Waals surface area contributed by atoms with Crippen molar-refractivity contribution in [2.45, 2.75) is 174 Å². The molecule has 3 saturated heterocycles. The Bertz CT molecular complexity index is 2570. The number of imide groups is 1. The lowest BCUT2D eigenvalue weighted by molar-refractivity contribution is -0.137. The monoisotopic (exact) mass is 1240 g/mol. The maximum absolute atomic E-state index is 13.6. The van der Waals surface area contributed by atoms with E-state index < -0.39 is 48.2 Å². The van der Waals surface area contributed by atoms with Crippen LogP contribution in [-0.4, -0.2) is 194 Å². The number of carbonyl (C=O) groups is 9. The van der Waals surface area contributed by atoms with Crippen LogP contribution in [-0.2, 0) is 63.8 Å². The minimum atomic E-state index is -1.06. The Morgan fingerprint density at radius 2 is 1.49 bits per heavy atom. The summed E-state index contributed by atoms with van der Waals surface area (Å²) in [5, 5.41) is 23.9. The third-order valence-electron chi connectivity index (χ3n) is 16.3. The van der Waals surface area contributed by atoms with Crippen molar-refractivity contribution in [3.05, 3.63) is 65.8 Å². The Morgan fingerprint density at radius 1 is 0.818 bits per heavy atom. The van der Waals surface area contributed by atoms with Crippen molar-refractivity contribution in [3.63, 3.8) is 0 Å². The van der Waals surface area contributed by atoms with Crippen molar-refractivity contribution < 1.29 is 76.7 Å². The van der Waals surface area contributed by atoms with Gasteiger partial charge in [-0.15, -0.1) is 0 Å². The molecule has 5 rings (SSSR count). The number of epoxide rings is 1. The predicted molar refractivity (Wildman–Crippen MR) is 327 cm³/mol. The number of primary amides is 1. The first-order chi connectivity index (χ1) is 41.9. The van der Waals surface area contributed by atoms with Gasteiger partial charge in [-0.3, -0.25) is 33.7 Å². The lowest BCUT2D eigenvalue weighted by Crippen LogP contribution is -2.54. The number of urea groups is 1. The van der Waals surface area contributed by atoms with Crippen LogP contribution in [0.25, 0.3) is 0 Å². The number of piperazine rings is 1. The number of nitrogens with zero attached hydrogens (tertiary/aromatic N) is 3. The van der Waals surface area contributed by atoms with Crippen molar-refractivity contribution in [1.29, 1.82) is 0 Å². The quantitative estimate of drug-likeness (QED) is 0.0203. The number of aliphatic hydroxyl groups excluding tert-OH is 1. The van der Waals surface area contributed by atoms with Crippen LogP contribution in [0.5, 0.6) is 0 Å². The van der Waals surface area contributed by atoms with Gasteiger partial charge in [0.1, 0.15) is 25.3 Å². The zero-order chi connectivity index (χ0) is 64.5. The number of anilines is 1. The summed E-state index contributed by atoms with van der Waals surface area (Å²) >= 11 is 0. The zero-order valence-corrected chi connectivity index (χ0v) is 52.9. The number of methoxy groups -OCH3 is 1. The molecule has 4 aliphatic rings. The molecule has 1 aromatic carbocycles. The van der Waals surface area contributed by atoms with Crippen molar-refractivity contribution in [2.24, 2.45) is 29.4 Å². The Hall–Kier alpha value is -6.93. The van der Waals surface area contributed by atoms with E-state index >= 15 is 0 Å². The van der Waals surface area contributed by atoms with Crippen molar-refractivity contribution in [3.8, 4) is 0 Å². The van der Waals surface area contributed by atoms with Gasteiger partial charge in [-0.2, -0.15) is 0 Å². The molecule has 25 nitrogen and oxygen atoms in total. The van der Waals surface area contributed by atoms with E-state index in [0.717, 1.165) is 29.7 Å². The van der Waals surface area contributed by atoms with Crippen LogP contribution in [0.1, 0.15) is 125 Å². The number of amides is 10. The molecule has 6 unspecified atom stereocenters. The molecule has 4 aliphatic heterocycles. The normalized spacial score (nSPS) is 22.4. The molecule has 88 heavy (non-hydrogen) atoms. The fraction of sp³-hybridized carbons (Fsp3) is 0.667. The number of nitrogens with two attached hydrogens (primary N) is 1. The lowest BCUT2D eigenvalue weighted by atomic mass is 9.85. The predicted octanol–water partition coefficient (Wildman–Crippen LogP) is 5.00. The highest BCUT2D eigenvalue weighted by atomic mass is 16.6. The van der Waals surface area contributed by atoms with Gasteiger partial charge in [-0.05, 0) is 107 Å². The number of allylic oxidation sites excluding steroid dienone is 3. The Balaban J connectivity index is 0.932. The Kier molecular flexibility index (Phi) is 29.3. The summed E-state index contributed by atoms with van der Waals surface area (Å²) < 4.78 is 34.7. The van der Waals surface area contributed by atoms with Crippen molar-refractivity contribution >= 4 is 59.3 Å². The van der Waals surface area contributed by atoms with Gasteiger partial charge < -0.3 is 75.6 Å². The first kappa shape index (κ1) is 71.8. The van der Waals surface area contributed by atoms with Gasteiger partial charge >= 0.3 is 18.2 Å². The van der Waals surface area contributed by atoms with E-state index in [1.54, 1.807) is 52.1 Å². The summed E-state index contributed by atoms with van der Waals surface area (Å²) in [6, 6.07) is 3.80. The average Bonchev–Trinajstić information content (AvgIpc) is 2.05. The van der Waals surface area contributed by atoms with Crippen LogP contribution in [0.2, 0.25) is 0 Å². The number of carbonyl (C=O) groups excluding carboxylic acids is 9. The second kappa shape index (κ2) is 35.9. The smallest absolute Gasteiger partial charge is 0.410 e. The molecule has 25 heteroatoms. The molecule has 0 spiro atoms. The summed E-state index contributed by atoms with van der Waals surface area (Å²) in [7, 11) is 1.62. The third-order valence-corrected chi connectivity index (χ3v) is 16.3. The molecule has 8 N–H and O–H groups in total. The maximum atomic E-state index is 13.6. The van der Waals surface area contributed by atoms with Gasteiger partial charge in [0.2, 0.25) is 23.6 Å². The molecule has 490 valence electrons. The van der Waals surface area contributed by atoms with Gasteiger partial charge in [0.15, 0.2) is 0 Å². The molecule has 11 atom stereocenters. The van der Waals surface area contributed by atoms with Gasteiger partial charge in [-0.25, -0.2) is 14.4 Å². The number of ether oxygens (including phenoxy) is 6. The van der Waals surface area contributed by atoms with Crippen molar-refractivity contribution in [2.75, 3.05) is 78.1 Å². The van der Waals surface area contributed by atoms with Crippen LogP contribution < -0.4 is 32.3 Å². The molecule has 4 heterocycles. The number of hydrogen-bond acceptors (Lipinski definition) is 16. The summed E-state index contributed by atoms with van der Waals surface area (Å²) in [6.07, 6.45) is 11.6. The van der Waals surface area contributed by atoms with E-state index in [1.807, 2.05) is 0 Å². The number of hydrogen-bond donors (Lipinski definition) is 7. The first-order valence-electron chi connectivity index (χ1n) is 31.0. The van der Waals surface area contributed by atoms with Crippen LogP contribution >= 0.6 is 0 Å². The lowest BCUT2D eigenvalue weighted by Gasteiger charge is -2.35. The summed E-state index contributed by atoms with van der Waals surface area (Å²) in [5.41, 5.74) is 7.09. The van der Waals surface area contributed by atoms with Gasteiger partial charge in [0.05, 0.1) is 49.3 Å². The zero-order valence-electron chi connectivity index (χ0n) is 52.9. The van der Waals surface area contributed by atoms with Crippen LogP contribution in [0.3, 0.4) is 0 Å². The minimum Gasteiger partial charge on any atom is -0.447 e. The molecule has 0 radical (unpaired) electrons. The first-order valence-corrected chi connectivity index (χ1v) is 31.0. The number of benzene rings is 1. The molecule has 10 amide bonds.